The monoisotopic (exact) mass is 364 g/mol. The molecule has 3 aromatic rings. The highest BCUT2D eigenvalue weighted by Crippen LogP contribution is 2.17. The Bertz CT molecular complexity index is 900. The molecule has 7 nitrogen and oxygen atoms in total. The number of benzene rings is 1. The maximum Gasteiger partial charge on any atom is 0.247 e. The number of hydrogen-bond donors (Lipinski definition) is 2. The third kappa shape index (κ3) is 4.69. The van der Waals surface area contributed by atoms with Gasteiger partial charge in [0.15, 0.2) is 0 Å². The van der Waals surface area contributed by atoms with Gasteiger partial charge in [-0.1, -0.05) is 19.9 Å². The van der Waals surface area contributed by atoms with Gasteiger partial charge in [0, 0.05) is 29.5 Å². The van der Waals surface area contributed by atoms with Crippen LogP contribution in [0, 0.1) is 19.8 Å². The summed E-state index contributed by atoms with van der Waals surface area (Å²) < 4.78 is 1.75. The van der Waals surface area contributed by atoms with Crippen LogP contribution < -0.4 is 10.6 Å². The van der Waals surface area contributed by atoms with Crippen molar-refractivity contribution in [3.05, 3.63) is 60.2 Å². The molecule has 2 N–H and O–H groups in total. The molecule has 0 saturated heterocycles. The minimum atomic E-state index is -0.459. The second-order valence-corrected chi connectivity index (χ2v) is 6.83. The summed E-state index contributed by atoms with van der Waals surface area (Å²) >= 11 is 0. The molecule has 0 aliphatic carbocycles. The summed E-state index contributed by atoms with van der Waals surface area (Å²) in [6, 6.07) is 10.9. The van der Waals surface area contributed by atoms with Crippen molar-refractivity contribution in [2.24, 2.45) is 5.92 Å². The highest BCUT2D eigenvalue weighted by molar-refractivity contribution is 5.96. The van der Waals surface area contributed by atoms with Gasteiger partial charge in [0.05, 0.1) is 5.69 Å². The summed E-state index contributed by atoms with van der Waals surface area (Å²) in [6.45, 7) is 7.79. The second kappa shape index (κ2) is 7.99. The molecule has 0 aliphatic heterocycles. The van der Waals surface area contributed by atoms with Gasteiger partial charge in [-0.05, 0) is 50.1 Å². The Hall–Kier alpha value is -3.22. The van der Waals surface area contributed by atoms with Gasteiger partial charge < -0.3 is 10.6 Å². The molecule has 140 valence electrons. The predicted molar refractivity (Wildman–Crippen MR) is 106 cm³/mol. The molecule has 0 saturated carbocycles. The zero-order valence-corrected chi connectivity index (χ0v) is 16.0. The fraction of sp³-hybridized carbons (Fsp3) is 0.300. The summed E-state index contributed by atoms with van der Waals surface area (Å²) in [5.41, 5.74) is 3.31. The molecular weight excluding hydrogens is 340 g/mol. The minimum Gasteiger partial charge on any atom is -0.342 e. The summed E-state index contributed by atoms with van der Waals surface area (Å²) in [7, 11) is 0. The Morgan fingerprint density at radius 3 is 2.44 bits per heavy atom. The Balaban J connectivity index is 1.77. The lowest BCUT2D eigenvalue weighted by Crippen LogP contribution is -2.39. The van der Waals surface area contributed by atoms with Gasteiger partial charge in [-0.15, -0.1) is 0 Å². The number of hydrogen-bond acceptors (Lipinski definition) is 5. The normalized spacial score (nSPS) is 12.0. The first-order valence-corrected chi connectivity index (χ1v) is 8.92. The van der Waals surface area contributed by atoms with Crippen molar-refractivity contribution >= 4 is 17.5 Å². The van der Waals surface area contributed by atoms with Crippen molar-refractivity contribution in [3.63, 3.8) is 0 Å². The maximum atomic E-state index is 12.9. The molecule has 0 fully saturated rings. The number of nitrogens with one attached hydrogen (secondary N) is 2. The van der Waals surface area contributed by atoms with E-state index in [0.29, 0.717) is 11.6 Å². The van der Waals surface area contributed by atoms with E-state index in [-0.39, 0.29) is 11.8 Å². The Morgan fingerprint density at radius 1 is 1.07 bits per heavy atom. The molecule has 1 atom stereocenters. The SMILES string of the molecule is Cc1cc(C)nc(N[C@@H](C(=O)Nc2cccc(-n3cccn3)c2)C(C)C)n1. The highest BCUT2D eigenvalue weighted by atomic mass is 16.2. The second-order valence-electron chi connectivity index (χ2n) is 6.83. The Labute approximate surface area is 158 Å². The molecule has 3 rings (SSSR count). The van der Waals surface area contributed by atoms with Crippen LogP contribution in [0.4, 0.5) is 11.6 Å². The van der Waals surface area contributed by atoms with E-state index < -0.39 is 6.04 Å². The molecule has 0 unspecified atom stereocenters. The van der Waals surface area contributed by atoms with E-state index in [1.165, 1.54) is 0 Å². The Morgan fingerprint density at radius 2 is 1.81 bits per heavy atom. The third-order valence-electron chi connectivity index (χ3n) is 4.10. The van der Waals surface area contributed by atoms with Gasteiger partial charge in [-0.3, -0.25) is 4.79 Å². The summed E-state index contributed by atoms with van der Waals surface area (Å²) in [6.07, 6.45) is 3.57. The zero-order chi connectivity index (χ0) is 19.4. The number of aromatic nitrogens is 4. The predicted octanol–water partition coefficient (Wildman–Crippen LogP) is 3.35. The van der Waals surface area contributed by atoms with Gasteiger partial charge in [0.2, 0.25) is 11.9 Å². The van der Waals surface area contributed by atoms with Crippen molar-refractivity contribution in [3.8, 4) is 5.69 Å². The van der Waals surface area contributed by atoms with Crippen LogP contribution in [0.3, 0.4) is 0 Å². The average molecular weight is 364 g/mol. The number of anilines is 2. The smallest absolute Gasteiger partial charge is 0.247 e. The van der Waals surface area contributed by atoms with Gasteiger partial charge in [0.1, 0.15) is 6.04 Å². The summed E-state index contributed by atoms with van der Waals surface area (Å²) in [4.78, 5) is 21.6. The standard InChI is InChI=1S/C20H24N6O/c1-13(2)18(25-20-22-14(3)11-15(4)23-20)19(27)24-16-7-5-8-17(12-16)26-10-6-9-21-26/h5-13,18H,1-4H3,(H,24,27)(H,22,23,25)/t18-/m1/s1. The molecule has 0 spiro atoms. The van der Waals surface area contributed by atoms with E-state index in [1.54, 1.807) is 10.9 Å². The molecule has 2 aromatic heterocycles. The molecule has 1 aromatic carbocycles. The van der Waals surface area contributed by atoms with Crippen LogP contribution in [0.2, 0.25) is 0 Å². The minimum absolute atomic E-state index is 0.0590. The van der Waals surface area contributed by atoms with Gasteiger partial charge >= 0.3 is 0 Å². The zero-order valence-electron chi connectivity index (χ0n) is 16.0. The molecule has 27 heavy (non-hydrogen) atoms. The molecule has 7 heteroatoms. The summed E-state index contributed by atoms with van der Waals surface area (Å²) in [5.74, 6) is 0.390. The van der Waals surface area contributed by atoms with Gasteiger partial charge in [0.25, 0.3) is 0 Å². The highest BCUT2D eigenvalue weighted by Gasteiger charge is 2.23. The van der Waals surface area contributed by atoms with Crippen molar-refractivity contribution in [2.45, 2.75) is 33.7 Å². The van der Waals surface area contributed by atoms with Crippen molar-refractivity contribution in [1.29, 1.82) is 0 Å². The third-order valence-corrected chi connectivity index (χ3v) is 4.10. The molecule has 0 radical (unpaired) electrons. The maximum absolute atomic E-state index is 12.9. The van der Waals surface area contributed by atoms with Crippen LogP contribution in [0.1, 0.15) is 25.2 Å². The lowest BCUT2D eigenvalue weighted by atomic mass is 10.0. The topological polar surface area (TPSA) is 84.7 Å². The lowest BCUT2D eigenvalue weighted by molar-refractivity contribution is -0.117. The molecular formula is C20H24N6O. The van der Waals surface area contributed by atoms with Crippen LogP contribution >= 0.6 is 0 Å². The average Bonchev–Trinajstić information content (AvgIpc) is 3.13. The number of amides is 1. The fourth-order valence-electron chi connectivity index (χ4n) is 2.83. The van der Waals surface area contributed by atoms with Gasteiger partial charge in [-0.2, -0.15) is 5.10 Å². The largest absolute Gasteiger partial charge is 0.342 e. The van der Waals surface area contributed by atoms with Crippen LogP contribution in [-0.4, -0.2) is 31.7 Å². The van der Waals surface area contributed by atoms with Crippen LogP contribution in [-0.2, 0) is 4.79 Å². The van der Waals surface area contributed by atoms with Crippen molar-refractivity contribution < 1.29 is 4.79 Å². The fourth-order valence-corrected chi connectivity index (χ4v) is 2.83. The number of aryl methyl sites for hydroxylation is 2. The van der Waals surface area contributed by atoms with E-state index in [1.807, 2.05) is 70.3 Å². The Kier molecular flexibility index (Phi) is 5.49. The number of carbonyl (C=O) groups is 1. The van der Waals surface area contributed by atoms with Crippen LogP contribution in [0.25, 0.3) is 5.69 Å². The molecule has 2 heterocycles. The first-order valence-electron chi connectivity index (χ1n) is 8.92. The van der Waals surface area contributed by atoms with E-state index in [9.17, 15) is 4.79 Å². The lowest BCUT2D eigenvalue weighted by Gasteiger charge is -2.22. The van der Waals surface area contributed by atoms with E-state index in [0.717, 1.165) is 17.1 Å². The van der Waals surface area contributed by atoms with Crippen LogP contribution in [0.5, 0.6) is 0 Å². The number of rotatable bonds is 6. The molecule has 0 bridgehead atoms. The molecule has 1 amide bonds. The quantitative estimate of drug-likeness (QED) is 0.701. The van der Waals surface area contributed by atoms with E-state index in [4.69, 9.17) is 0 Å². The number of carbonyl (C=O) groups excluding carboxylic acids is 1. The molecule has 0 aliphatic rings. The van der Waals surface area contributed by atoms with Gasteiger partial charge in [-0.25, -0.2) is 14.6 Å². The van der Waals surface area contributed by atoms with Crippen LogP contribution in [0.15, 0.2) is 48.8 Å². The number of nitrogens with zero attached hydrogens (tertiary/aromatic N) is 4. The van der Waals surface area contributed by atoms with Crippen molar-refractivity contribution in [1.82, 2.24) is 19.7 Å². The van der Waals surface area contributed by atoms with E-state index >= 15 is 0 Å². The van der Waals surface area contributed by atoms with Crippen molar-refractivity contribution in [2.75, 3.05) is 10.6 Å². The first-order chi connectivity index (χ1) is 12.9. The summed E-state index contributed by atoms with van der Waals surface area (Å²) in [5, 5.41) is 10.4. The van der Waals surface area contributed by atoms with E-state index in [2.05, 4.69) is 25.7 Å². The first kappa shape index (κ1) is 18.6.